The lowest BCUT2D eigenvalue weighted by atomic mass is 10.1. The van der Waals surface area contributed by atoms with Crippen molar-refractivity contribution in [1.82, 2.24) is 0 Å². The quantitative estimate of drug-likeness (QED) is 0.0444. The summed E-state index contributed by atoms with van der Waals surface area (Å²) >= 11 is 3.46. The number of halogens is 1. The van der Waals surface area contributed by atoms with Crippen LogP contribution in [0.25, 0.3) is 0 Å². The predicted octanol–water partition coefficient (Wildman–Crippen LogP) is 10.8. The molecule has 0 saturated heterocycles. The van der Waals surface area contributed by atoms with Crippen molar-refractivity contribution in [1.29, 1.82) is 0 Å². The zero-order valence-corrected chi connectivity index (χ0v) is 24.7. The van der Waals surface area contributed by atoms with Gasteiger partial charge in [0.15, 0.2) is 6.29 Å². The molecule has 2 nitrogen and oxygen atoms in total. The van der Waals surface area contributed by atoms with Gasteiger partial charge in [0.25, 0.3) is 0 Å². The van der Waals surface area contributed by atoms with Crippen molar-refractivity contribution in [3.63, 3.8) is 0 Å². The van der Waals surface area contributed by atoms with E-state index in [1.807, 2.05) is 0 Å². The second-order valence-corrected chi connectivity index (χ2v) is 10.7. The Morgan fingerprint density at radius 1 is 0.500 bits per heavy atom. The summed E-state index contributed by atoms with van der Waals surface area (Å²) < 4.78 is 12.4. The third-order valence-electron chi connectivity index (χ3n) is 6.41. The van der Waals surface area contributed by atoms with E-state index in [2.05, 4.69) is 41.6 Å². The molecule has 0 rings (SSSR count). The first-order chi connectivity index (χ1) is 16.8. The van der Waals surface area contributed by atoms with Crippen LogP contribution in [0, 0.1) is 11.8 Å². The van der Waals surface area contributed by atoms with Crippen LogP contribution in [0.5, 0.6) is 0 Å². The molecule has 0 radical (unpaired) electrons. The highest BCUT2D eigenvalue weighted by Gasteiger charge is 2.09. The first-order valence-electron chi connectivity index (χ1n) is 15.1. The summed E-state index contributed by atoms with van der Waals surface area (Å²) in [5.74, 6) is 6.59. The maximum Gasteiger partial charge on any atom is 0.157 e. The molecular weight excluding hydrogens is 484 g/mol. The summed E-state index contributed by atoms with van der Waals surface area (Å²) in [6, 6.07) is 0. The molecule has 0 spiro atoms. The van der Waals surface area contributed by atoms with E-state index in [-0.39, 0.29) is 6.29 Å². The summed E-state index contributed by atoms with van der Waals surface area (Å²) in [6.07, 6.45) is 29.3. The highest BCUT2D eigenvalue weighted by molar-refractivity contribution is 9.09. The summed E-state index contributed by atoms with van der Waals surface area (Å²) in [7, 11) is 0. The van der Waals surface area contributed by atoms with Crippen LogP contribution in [-0.4, -0.2) is 24.8 Å². The van der Waals surface area contributed by atoms with Crippen LogP contribution >= 0.6 is 15.9 Å². The molecule has 0 heterocycles. The lowest BCUT2D eigenvalue weighted by Crippen LogP contribution is -2.19. The third-order valence-corrected chi connectivity index (χ3v) is 6.97. The minimum Gasteiger partial charge on any atom is -0.353 e. The van der Waals surface area contributed by atoms with Crippen molar-refractivity contribution in [3.8, 4) is 11.8 Å². The SMILES string of the molecule is CCCCCCCCCCOC(CCCCCC#CCCCBr)OCCCCCCCCCC. The molecule has 0 aliphatic rings. The topological polar surface area (TPSA) is 18.5 Å². The van der Waals surface area contributed by atoms with Gasteiger partial charge in [0.2, 0.25) is 0 Å². The van der Waals surface area contributed by atoms with Gasteiger partial charge in [0, 0.05) is 31.4 Å². The molecular formula is C31H59BrO2. The molecule has 34 heavy (non-hydrogen) atoms. The standard InChI is InChI=1S/C31H59BrO2/c1-3-5-7-9-11-17-21-25-29-33-31(27-23-19-15-13-14-16-20-24-28-32)34-30-26-22-18-12-10-8-6-4-2/h31H,3-13,15,17-30H2,1-2H3. The maximum atomic E-state index is 6.18. The fourth-order valence-electron chi connectivity index (χ4n) is 4.15. The van der Waals surface area contributed by atoms with Gasteiger partial charge in [-0.25, -0.2) is 0 Å². The van der Waals surface area contributed by atoms with Crippen LogP contribution in [0.2, 0.25) is 0 Å². The molecule has 0 aliphatic carbocycles. The van der Waals surface area contributed by atoms with Crippen molar-refractivity contribution >= 4 is 15.9 Å². The van der Waals surface area contributed by atoms with Crippen LogP contribution in [-0.2, 0) is 9.47 Å². The van der Waals surface area contributed by atoms with E-state index in [0.29, 0.717) is 0 Å². The molecule has 0 fully saturated rings. The van der Waals surface area contributed by atoms with Crippen LogP contribution in [0.3, 0.4) is 0 Å². The fraction of sp³-hybridized carbons (Fsp3) is 0.935. The molecule has 0 unspecified atom stereocenters. The molecule has 3 heteroatoms. The predicted molar refractivity (Wildman–Crippen MR) is 155 cm³/mol. The minimum absolute atomic E-state index is 0.000813. The molecule has 0 aromatic carbocycles. The highest BCUT2D eigenvalue weighted by Crippen LogP contribution is 2.14. The molecule has 202 valence electrons. The van der Waals surface area contributed by atoms with Crippen LogP contribution in [0.4, 0.5) is 0 Å². The van der Waals surface area contributed by atoms with Gasteiger partial charge in [-0.05, 0) is 38.5 Å². The largest absolute Gasteiger partial charge is 0.353 e. The van der Waals surface area contributed by atoms with E-state index in [0.717, 1.165) is 44.2 Å². The molecule has 0 N–H and O–H groups in total. The first-order valence-corrected chi connectivity index (χ1v) is 16.2. The number of rotatable bonds is 27. The Kier molecular flexibility index (Phi) is 31.0. The average molecular weight is 544 g/mol. The summed E-state index contributed by atoms with van der Waals surface area (Å²) in [6.45, 7) is 6.28. The van der Waals surface area contributed by atoms with Crippen molar-refractivity contribution in [2.75, 3.05) is 18.5 Å². The van der Waals surface area contributed by atoms with Gasteiger partial charge in [0.05, 0.1) is 0 Å². The number of ether oxygens (including phenoxy) is 2. The van der Waals surface area contributed by atoms with Crippen LogP contribution in [0.1, 0.15) is 162 Å². The Morgan fingerprint density at radius 2 is 0.912 bits per heavy atom. The number of hydrogen-bond acceptors (Lipinski definition) is 2. The number of hydrogen-bond donors (Lipinski definition) is 0. The van der Waals surface area contributed by atoms with E-state index in [1.165, 1.54) is 122 Å². The molecule has 0 atom stereocenters. The fourth-order valence-corrected chi connectivity index (χ4v) is 4.43. The molecule has 0 bridgehead atoms. The maximum absolute atomic E-state index is 6.18. The zero-order valence-electron chi connectivity index (χ0n) is 23.2. The molecule has 0 aromatic heterocycles. The monoisotopic (exact) mass is 542 g/mol. The molecule has 0 aliphatic heterocycles. The third kappa shape index (κ3) is 28.2. The minimum atomic E-state index is -0.000813. The van der Waals surface area contributed by atoms with Gasteiger partial charge in [-0.1, -0.05) is 126 Å². The van der Waals surface area contributed by atoms with Crippen LogP contribution < -0.4 is 0 Å². The summed E-state index contributed by atoms with van der Waals surface area (Å²) in [4.78, 5) is 0. The molecule has 0 saturated carbocycles. The number of unbranched alkanes of at least 4 members (excludes halogenated alkanes) is 18. The molecule has 0 amide bonds. The second kappa shape index (κ2) is 31.0. The van der Waals surface area contributed by atoms with Gasteiger partial charge in [-0.2, -0.15) is 0 Å². The van der Waals surface area contributed by atoms with Gasteiger partial charge >= 0.3 is 0 Å². The summed E-state index contributed by atoms with van der Waals surface area (Å²) in [5, 5.41) is 1.06. The van der Waals surface area contributed by atoms with Crippen molar-refractivity contribution < 1.29 is 9.47 Å². The lowest BCUT2D eigenvalue weighted by Gasteiger charge is -2.19. The number of alkyl halides is 1. The van der Waals surface area contributed by atoms with E-state index in [4.69, 9.17) is 9.47 Å². The van der Waals surface area contributed by atoms with Gasteiger partial charge in [-0.15, -0.1) is 11.8 Å². The van der Waals surface area contributed by atoms with E-state index in [1.54, 1.807) is 0 Å². The van der Waals surface area contributed by atoms with E-state index in [9.17, 15) is 0 Å². The van der Waals surface area contributed by atoms with Crippen molar-refractivity contribution in [3.05, 3.63) is 0 Å². The average Bonchev–Trinajstić information content (AvgIpc) is 2.85. The van der Waals surface area contributed by atoms with Gasteiger partial charge < -0.3 is 9.47 Å². The Labute approximate surface area is 223 Å². The van der Waals surface area contributed by atoms with Crippen LogP contribution in [0.15, 0.2) is 0 Å². The Morgan fingerprint density at radius 3 is 1.38 bits per heavy atom. The Balaban J connectivity index is 3.92. The smallest absolute Gasteiger partial charge is 0.157 e. The molecule has 0 aromatic rings. The van der Waals surface area contributed by atoms with Crippen molar-refractivity contribution in [2.24, 2.45) is 0 Å². The Bertz CT molecular complexity index is 407. The summed E-state index contributed by atoms with van der Waals surface area (Å²) in [5.41, 5.74) is 0. The lowest BCUT2D eigenvalue weighted by molar-refractivity contribution is -0.148. The first kappa shape index (κ1) is 34.0. The normalized spacial score (nSPS) is 11.2. The Hall–Kier alpha value is -0.0400. The van der Waals surface area contributed by atoms with Crippen molar-refractivity contribution in [2.45, 2.75) is 168 Å². The van der Waals surface area contributed by atoms with Gasteiger partial charge in [0.1, 0.15) is 0 Å². The van der Waals surface area contributed by atoms with Gasteiger partial charge in [-0.3, -0.25) is 0 Å². The van der Waals surface area contributed by atoms with E-state index < -0.39 is 0 Å². The highest BCUT2D eigenvalue weighted by atomic mass is 79.9. The van der Waals surface area contributed by atoms with E-state index >= 15 is 0 Å². The zero-order chi connectivity index (χ0) is 24.8. The second-order valence-electron chi connectivity index (χ2n) is 9.87.